The Labute approximate surface area is 195 Å². The number of rotatable bonds is 8. The monoisotopic (exact) mass is 481 g/mol. The number of amides is 1. The molecule has 0 aliphatic carbocycles. The number of benzene rings is 1. The first-order chi connectivity index (χ1) is 16.1. The molecule has 34 heavy (non-hydrogen) atoms. The highest BCUT2D eigenvalue weighted by atomic mass is 19.4. The quantitative estimate of drug-likeness (QED) is 0.542. The van der Waals surface area contributed by atoms with E-state index in [9.17, 15) is 27.6 Å². The molecule has 1 fully saturated rings. The van der Waals surface area contributed by atoms with Crippen molar-refractivity contribution in [3.63, 3.8) is 0 Å². The van der Waals surface area contributed by atoms with E-state index in [1.54, 1.807) is 4.90 Å². The van der Waals surface area contributed by atoms with Gasteiger partial charge in [-0.2, -0.15) is 13.2 Å². The molecule has 0 atom stereocenters. The summed E-state index contributed by atoms with van der Waals surface area (Å²) in [6.45, 7) is 3.11. The van der Waals surface area contributed by atoms with Crippen LogP contribution in [0.1, 0.15) is 54.9 Å². The second-order valence-electron chi connectivity index (χ2n) is 8.42. The van der Waals surface area contributed by atoms with Gasteiger partial charge in [0.15, 0.2) is 0 Å². The van der Waals surface area contributed by atoms with E-state index in [1.807, 2.05) is 0 Å². The van der Waals surface area contributed by atoms with Gasteiger partial charge in [-0.25, -0.2) is 9.48 Å². The molecular weight excluding hydrogens is 451 g/mol. The van der Waals surface area contributed by atoms with Crippen molar-refractivity contribution in [1.29, 1.82) is 0 Å². The fourth-order valence-electron chi connectivity index (χ4n) is 4.09. The molecule has 0 radical (unpaired) electrons. The topological polar surface area (TPSA) is 80.4 Å². The van der Waals surface area contributed by atoms with Crippen LogP contribution < -0.4 is 16.1 Å². The molecule has 0 saturated carbocycles. The van der Waals surface area contributed by atoms with E-state index < -0.39 is 34.5 Å². The lowest BCUT2D eigenvalue weighted by molar-refractivity contribution is -0.138. The zero-order chi connectivity index (χ0) is 24.9. The Hall–Kier alpha value is -3.11. The van der Waals surface area contributed by atoms with E-state index in [0.717, 1.165) is 36.4 Å². The minimum absolute atomic E-state index is 0.110. The van der Waals surface area contributed by atoms with Crippen LogP contribution in [0.25, 0.3) is 0 Å². The summed E-state index contributed by atoms with van der Waals surface area (Å²) in [5.74, 6) is -0.594. The third-order valence-electron chi connectivity index (χ3n) is 6.00. The number of hydrogen-bond acceptors (Lipinski definition) is 5. The highest BCUT2D eigenvalue weighted by Crippen LogP contribution is 2.32. The molecule has 8 nitrogen and oxygen atoms in total. The normalized spacial score (nSPS) is 14.5. The van der Waals surface area contributed by atoms with Crippen LogP contribution >= 0.6 is 0 Å². The Balaban J connectivity index is 1.73. The number of halogens is 3. The van der Waals surface area contributed by atoms with E-state index in [1.165, 1.54) is 34.7 Å². The summed E-state index contributed by atoms with van der Waals surface area (Å²) in [4.78, 5) is 41.3. The first kappa shape index (κ1) is 25.5. The Morgan fingerprint density at radius 2 is 1.65 bits per heavy atom. The van der Waals surface area contributed by atoms with Crippen molar-refractivity contribution < 1.29 is 18.0 Å². The number of aromatic nitrogens is 3. The maximum atomic E-state index is 13.3. The summed E-state index contributed by atoms with van der Waals surface area (Å²) in [5, 5.41) is 4.13. The maximum absolute atomic E-state index is 13.3. The minimum Gasteiger partial charge on any atom is -0.347 e. The van der Waals surface area contributed by atoms with Gasteiger partial charge in [0.2, 0.25) is 5.82 Å². The van der Waals surface area contributed by atoms with Gasteiger partial charge in [0, 0.05) is 39.8 Å². The van der Waals surface area contributed by atoms with E-state index in [2.05, 4.69) is 12.0 Å². The van der Waals surface area contributed by atoms with Crippen molar-refractivity contribution in [3.05, 3.63) is 56.2 Å². The molecule has 0 bridgehead atoms. The average molecular weight is 482 g/mol. The van der Waals surface area contributed by atoms with Crippen molar-refractivity contribution in [3.8, 4) is 0 Å². The number of nitrogens with zero attached hydrogens (tertiary/aromatic N) is 5. The molecular formula is C23H30F3N5O3. The van der Waals surface area contributed by atoms with Gasteiger partial charge in [0.05, 0.1) is 11.1 Å². The molecule has 1 aromatic carbocycles. The lowest BCUT2D eigenvalue weighted by Gasteiger charge is -2.35. The third-order valence-corrected chi connectivity index (χ3v) is 6.00. The summed E-state index contributed by atoms with van der Waals surface area (Å²) in [5.41, 5.74) is -2.33. The number of aryl methyl sites for hydroxylation is 1. The van der Waals surface area contributed by atoms with Crippen LogP contribution in [0.4, 0.5) is 19.0 Å². The number of anilines is 1. The van der Waals surface area contributed by atoms with Gasteiger partial charge in [-0.15, -0.1) is 5.10 Å². The van der Waals surface area contributed by atoms with Gasteiger partial charge in [-0.05, 0) is 18.6 Å². The van der Waals surface area contributed by atoms with E-state index in [0.29, 0.717) is 13.0 Å². The van der Waals surface area contributed by atoms with Crippen LogP contribution in [0.2, 0.25) is 0 Å². The molecule has 2 heterocycles. The van der Waals surface area contributed by atoms with Crippen LogP contribution in [-0.2, 0) is 19.8 Å². The Morgan fingerprint density at radius 3 is 2.29 bits per heavy atom. The SMILES string of the molecule is CCCCCCCn1c(=O)c(N2CCN(C(=O)c3ccccc3C(F)(F)F)CC2)nn(C)c1=O. The predicted octanol–water partition coefficient (Wildman–Crippen LogP) is 2.89. The molecule has 1 aliphatic rings. The molecule has 0 N–H and O–H groups in total. The first-order valence-corrected chi connectivity index (χ1v) is 11.5. The number of hydrogen-bond donors (Lipinski definition) is 0. The Morgan fingerprint density at radius 1 is 1.00 bits per heavy atom. The van der Waals surface area contributed by atoms with Gasteiger partial charge in [0.25, 0.3) is 11.5 Å². The molecule has 0 spiro atoms. The summed E-state index contributed by atoms with van der Waals surface area (Å²) >= 11 is 0. The van der Waals surface area contributed by atoms with Crippen molar-refractivity contribution >= 4 is 11.7 Å². The van der Waals surface area contributed by atoms with Gasteiger partial charge in [-0.3, -0.25) is 14.2 Å². The second-order valence-corrected chi connectivity index (χ2v) is 8.42. The number of unbranched alkanes of at least 4 members (excludes halogenated alkanes) is 4. The lowest BCUT2D eigenvalue weighted by Crippen LogP contribution is -2.52. The second kappa shape index (κ2) is 10.9. The van der Waals surface area contributed by atoms with Crippen molar-refractivity contribution in [2.45, 2.75) is 51.7 Å². The third kappa shape index (κ3) is 5.68. The Kier molecular flexibility index (Phi) is 8.16. The van der Waals surface area contributed by atoms with Crippen molar-refractivity contribution in [2.24, 2.45) is 7.05 Å². The summed E-state index contributed by atoms with van der Waals surface area (Å²) < 4.78 is 42.2. The van der Waals surface area contributed by atoms with Crippen LogP contribution in [0, 0.1) is 0 Å². The van der Waals surface area contributed by atoms with Crippen LogP contribution in [0.3, 0.4) is 0 Å². The van der Waals surface area contributed by atoms with E-state index in [-0.39, 0.29) is 32.0 Å². The molecule has 1 aliphatic heterocycles. The number of carbonyl (C=O) groups is 1. The summed E-state index contributed by atoms with van der Waals surface area (Å²) in [7, 11) is 1.48. The summed E-state index contributed by atoms with van der Waals surface area (Å²) in [6.07, 6.45) is 0.231. The minimum atomic E-state index is -4.63. The molecule has 1 saturated heterocycles. The average Bonchev–Trinajstić information content (AvgIpc) is 2.82. The van der Waals surface area contributed by atoms with Crippen LogP contribution in [-0.4, -0.2) is 51.3 Å². The fourth-order valence-corrected chi connectivity index (χ4v) is 4.09. The zero-order valence-electron chi connectivity index (χ0n) is 19.5. The zero-order valence-corrected chi connectivity index (χ0v) is 19.5. The molecule has 11 heteroatoms. The molecule has 1 amide bonds. The Bertz CT molecular complexity index is 1120. The standard InChI is InChI=1S/C23H30F3N5O3/c1-3-4-5-6-9-12-31-21(33)19(27-28(2)22(31)34)29-13-15-30(16-14-29)20(32)17-10-7-8-11-18(17)23(24,25)26/h7-8,10-11H,3-6,9,12-16H2,1-2H3. The van der Waals surface area contributed by atoms with E-state index >= 15 is 0 Å². The van der Waals surface area contributed by atoms with E-state index in [4.69, 9.17) is 0 Å². The molecule has 3 rings (SSSR count). The van der Waals surface area contributed by atoms with Crippen molar-refractivity contribution in [2.75, 3.05) is 31.1 Å². The molecule has 0 unspecified atom stereocenters. The van der Waals surface area contributed by atoms with Crippen LogP contribution in [0.5, 0.6) is 0 Å². The highest BCUT2D eigenvalue weighted by Gasteiger charge is 2.36. The van der Waals surface area contributed by atoms with Gasteiger partial charge in [0.1, 0.15) is 0 Å². The molecule has 186 valence electrons. The van der Waals surface area contributed by atoms with Gasteiger partial charge < -0.3 is 9.80 Å². The first-order valence-electron chi connectivity index (χ1n) is 11.5. The lowest BCUT2D eigenvalue weighted by atomic mass is 10.1. The smallest absolute Gasteiger partial charge is 0.347 e. The predicted molar refractivity (Wildman–Crippen MR) is 122 cm³/mol. The highest BCUT2D eigenvalue weighted by molar-refractivity contribution is 5.96. The van der Waals surface area contributed by atoms with Gasteiger partial charge in [-0.1, -0.05) is 44.7 Å². The van der Waals surface area contributed by atoms with Crippen LogP contribution in [0.15, 0.2) is 33.9 Å². The molecule has 2 aromatic rings. The molecule has 1 aromatic heterocycles. The number of alkyl halides is 3. The number of piperazine rings is 1. The number of carbonyl (C=O) groups excluding carboxylic acids is 1. The van der Waals surface area contributed by atoms with Crippen molar-refractivity contribution in [1.82, 2.24) is 19.2 Å². The van der Waals surface area contributed by atoms with Gasteiger partial charge >= 0.3 is 11.9 Å². The summed E-state index contributed by atoms with van der Waals surface area (Å²) in [6, 6.07) is 4.71. The fraction of sp³-hybridized carbons (Fsp3) is 0.565. The largest absolute Gasteiger partial charge is 0.417 e. The maximum Gasteiger partial charge on any atom is 0.417 e.